The number of hydrogen-bond donors (Lipinski definition) is 0. The second-order valence-electron chi connectivity index (χ2n) is 10.3. The zero-order valence-corrected chi connectivity index (χ0v) is 20.9. The highest BCUT2D eigenvalue weighted by molar-refractivity contribution is 6.10. The van der Waals surface area contributed by atoms with E-state index < -0.39 is 0 Å². The minimum atomic E-state index is 0.689. The summed E-state index contributed by atoms with van der Waals surface area (Å²) in [5.74, 6) is 0.802. The van der Waals surface area contributed by atoms with E-state index in [1.807, 2.05) is 6.20 Å². The Kier molecular flexibility index (Phi) is 5.64. The minimum absolute atomic E-state index is 0.689. The van der Waals surface area contributed by atoms with Gasteiger partial charge in [-0.2, -0.15) is 0 Å². The number of hydrogen-bond acceptors (Lipinski definition) is 3. The Balaban J connectivity index is 1.45. The number of rotatable bonds is 4. The van der Waals surface area contributed by atoms with E-state index >= 15 is 0 Å². The average molecular weight is 461 g/mol. The predicted octanol–water partition coefficient (Wildman–Crippen LogP) is 8.76. The Morgan fingerprint density at radius 3 is 2.43 bits per heavy atom. The van der Waals surface area contributed by atoms with Crippen LogP contribution in [0.3, 0.4) is 0 Å². The molecule has 2 aromatic carbocycles. The van der Waals surface area contributed by atoms with Crippen molar-refractivity contribution in [1.29, 1.82) is 0 Å². The molecule has 1 aliphatic carbocycles. The first-order valence-corrected chi connectivity index (χ1v) is 12.9. The highest BCUT2D eigenvalue weighted by atomic mass is 16.3. The van der Waals surface area contributed by atoms with E-state index in [2.05, 4.69) is 75.4 Å². The molecule has 35 heavy (non-hydrogen) atoms. The summed E-state index contributed by atoms with van der Waals surface area (Å²) < 4.78 is 6.50. The molecular formula is C32H32N2O. The molecule has 3 nitrogen and oxygen atoms in total. The Labute approximate surface area is 207 Å². The van der Waals surface area contributed by atoms with Crippen LogP contribution in [0.1, 0.15) is 54.4 Å². The van der Waals surface area contributed by atoms with Crippen molar-refractivity contribution in [2.45, 2.75) is 59.3 Å². The van der Waals surface area contributed by atoms with Crippen molar-refractivity contribution in [3.8, 4) is 22.5 Å². The molecule has 5 aromatic rings. The molecule has 1 fully saturated rings. The van der Waals surface area contributed by atoms with Crippen LogP contribution in [0.25, 0.3) is 44.6 Å². The van der Waals surface area contributed by atoms with Crippen LogP contribution in [-0.4, -0.2) is 9.97 Å². The fraction of sp³-hybridized carbons (Fsp3) is 0.312. The van der Waals surface area contributed by atoms with Gasteiger partial charge in [0.25, 0.3) is 0 Å². The fourth-order valence-electron chi connectivity index (χ4n) is 5.96. The normalized spacial score (nSPS) is 14.7. The molecule has 0 spiro atoms. The van der Waals surface area contributed by atoms with Crippen LogP contribution in [0, 0.1) is 26.7 Å². The first-order valence-electron chi connectivity index (χ1n) is 12.9. The van der Waals surface area contributed by atoms with Crippen LogP contribution in [0.4, 0.5) is 0 Å². The molecule has 0 N–H and O–H groups in total. The van der Waals surface area contributed by atoms with Gasteiger partial charge in [-0.1, -0.05) is 56.4 Å². The fourth-order valence-corrected chi connectivity index (χ4v) is 5.96. The van der Waals surface area contributed by atoms with Gasteiger partial charge in [0, 0.05) is 28.1 Å². The molecule has 0 unspecified atom stereocenters. The van der Waals surface area contributed by atoms with Crippen molar-refractivity contribution >= 4 is 22.1 Å². The van der Waals surface area contributed by atoms with Crippen molar-refractivity contribution in [3.05, 3.63) is 83.0 Å². The first-order chi connectivity index (χ1) is 17.1. The first kappa shape index (κ1) is 22.0. The lowest BCUT2D eigenvalue weighted by Crippen LogP contribution is -2.09. The molecular weight excluding hydrogens is 428 g/mol. The maximum absolute atomic E-state index is 6.50. The van der Waals surface area contributed by atoms with Crippen molar-refractivity contribution in [1.82, 2.24) is 9.97 Å². The molecule has 3 heterocycles. The Morgan fingerprint density at radius 1 is 0.829 bits per heavy atom. The summed E-state index contributed by atoms with van der Waals surface area (Å²) in [6, 6.07) is 19.4. The molecule has 6 rings (SSSR count). The van der Waals surface area contributed by atoms with Crippen molar-refractivity contribution < 1.29 is 4.42 Å². The highest BCUT2D eigenvalue weighted by Gasteiger charge is 2.19. The summed E-state index contributed by atoms with van der Waals surface area (Å²) in [5, 5.41) is 2.20. The molecule has 176 valence electrons. The van der Waals surface area contributed by atoms with E-state index in [9.17, 15) is 0 Å². The minimum Gasteiger partial charge on any atom is -0.437 e. The van der Waals surface area contributed by atoms with Crippen LogP contribution >= 0.6 is 0 Å². The second-order valence-corrected chi connectivity index (χ2v) is 10.3. The Bertz CT molecular complexity index is 1520. The van der Waals surface area contributed by atoms with Gasteiger partial charge in [-0.05, 0) is 85.7 Å². The number of aromatic nitrogens is 2. The topological polar surface area (TPSA) is 38.9 Å². The quantitative estimate of drug-likeness (QED) is 0.269. The van der Waals surface area contributed by atoms with Crippen LogP contribution in [-0.2, 0) is 6.42 Å². The summed E-state index contributed by atoms with van der Waals surface area (Å²) in [6.45, 7) is 6.43. The summed E-state index contributed by atoms with van der Waals surface area (Å²) in [7, 11) is 0. The number of fused-ring (bicyclic) bond motifs is 3. The summed E-state index contributed by atoms with van der Waals surface area (Å²) in [5.41, 5.74) is 10.8. The van der Waals surface area contributed by atoms with Gasteiger partial charge in [0.1, 0.15) is 5.58 Å². The Morgan fingerprint density at radius 2 is 1.63 bits per heavy atom. The summed E-state index contributed by atoms with van der Waals surface area (Å²) in [4.78, 5) is 9.75. The van der Waals surface area contributed by atoms with E-state index in [1.54, 1.807) is 0 Å². The maximum atomic E-state index is 6.50. The lowest BCUT2D eigenvalue weighted by molar-refractivity contribution is 0.356. The van der Waals surface area contributed by atoms with E-state index in [-0.39, 0.29) is 0 Å². The van der Waals surface area contributed by atoms with Gasteiger partial charge in [-0.25, -0.2) is 4.98 Å². The predicted molar refractivity (Wildman–Crippen MR) is 145 cm³/mol. The van der Waals surface area contributed by atoms with Gasteiger partial charge >= 0.3 is 0 Å². The van der Waals surface area contributed by atoms with E-state index in [0.717, 1.165) is 45.6 Å². The smallest absolute Gasteiger partial charge is 0.227 e. The third-order valence-corrected chi connectivity index (χ3v) is 7.78. The van der Waals surface area contributed by atoms with E-state index in [1.165, 1.54) is 59.9 Å². The molecule has 0 saturated heterocycles. The van der Waals surface area contributed by atoms with Crippen LogP contribution in [0.15, 0.2) is 65.2 Å². The molecule has 0 aliphatic heterocycles. The maximum Gasteiger partial charge on any atom is 0.227 e. The van der Waals surface area contributed by atoms with Crippen LogP contribution in [0.5, 0.6) is 0 Å². The molecule has 1 saturated carbocycles. The molecule has 1 aliphatic rings. The van der Waals surface area contributed by atoms with Gasteiger partial charge in [0.2, 0.25) is 5.71 Å². The van der Waals surface area contributed by atoms with Gasteiger partial charge < -0.3 is 4.42 Å². The molecule has 0 atom stereocenters. The lowest BCUT2D eigenvalue weighted by Gasteiger charge is -2.21. The van der Waals surface area contributed by atoms with Gasteiger partial charge in [0.15, 0.2) is 0 Å². The van der Waals surface area contributed by atoms with E-state index in [0.29, 0.717) is 5.71 Å². The number of furan rings is 1. The number of aryl methyl sites for hydroxylation is 3. The zero-order chi connectivity index (χ0) is 23.9. The average Bonchev–Trinajstić information content (AvgIpc) is 3.25. The number of benzene rings is 2. The van der Waals surface area contributed by atoms with Crippen molar-refractivity contribution in [3.63, 3.8) is 0 Å². The van der Waals surface area contributed by atoms with Crippen LogP contribution in [0.2, 0.25) is 0 Å². The van der Waals surface area contributed by atoms with Gasteiger partial charge in [-0.15, -0.1) is 0 Å². The third-order valence-electron chi connectivity index (χ3n) is 7.78. The molecule has 3 aromatic heterocycles. The van der Waals surface area contributed by atoms with Crippen LogP contribution < -0.4 is 0 Å². The molecule has 0 bridgehead atoms. The number of pyridine rings is 2. The van der Waals surface area contributed by atoms with Gasteiger partial charge in [-0.3, -0.25) is 4.98 Å². The summed E-state index contributed by atoms with van der Waals surface area (Å²) in [6.07, 6.45) is 9.94. The highest BCUT2D eigenvalue weighted by Crippen LogP contribution is 2.38. The molecule has 0 amide bonds. The monoisotopic (exact) mass is 460 g/mol. The number of nitrogens with zero attached hydrogens (tertiary/aromatic N) is 2. The standard InChI is InChI=1S/C32H32N2O/c1-20-8-7-9-21(2)29(20)27-15-14-26-30-22(3)12-13-25(31(30)35-32(26)34-27)28-19-24(16-17-33-28)18-23-10-5-4-6-11-23/h7-9,12-17,19,23H,4-6,10-11,18H2,1-3H3. The molecule has 0 radical (unpaired) electrons. The van der Waals surface area contributed by atoms with Crippen molar-refractivity contribution in [2.75, 3.05) is 0 Å². The largest absolute Gasteiger partial charge is 0.437 e. The molecule has 3 heteroatoms. The second kappa shape index (κ2) is 8.96. The van der Waals surface area contributed by atoms with Crippen molar-refractivity contribution in [2.24, 2.45) is 5.92 Å². The third kappa shape index (κ3) is 4.03. The Hall–Kier alpha value is -3.46. The zero-order valence-electron chi connectivity index (χ0n) is 20.9. The summed E-state index contributed by atoms with van der Waals surface area (Å²) >= 11 is 0. The lowest BCUT2D eigenvalue weighted by atomic mass is 9.85. The van der Waals surface area contributed by atoms with Gasteiger partial charge in [0.05, 0.1) is 11.4 Å². The SMILES string of the molecule is Cc1cccc(C)c1-c1ccc2c(n1)oc1c(-c3cc(CC4CCCCC4)ccn3)ccc(C)c12. The van der Waals surface area contributed by atoms with E-state index in [4.69, 9.17) is 14.4 Å².